The van der Waals surface area contributed by atoms with Gasteiger partial charge in [-0.25, -0.2) is 17.9 Å². The highest BCUT2D eigenvalue weighted by atomic mass is 32.2. The van der Waals surface area contributed by atoms with E-state index in [4.69, 9.17) is 4.74 Å². The van der Waals surface area contributed by atoms with Crippen LogP contribution in [-0.2, 0) is 26.1 Å². The number of hydrogen-bond donors (Lipinski definition) is 2. The molecule has 1 amide bonds. The standard InChI is InChI=1S/C20H22N2O5S/c1-3-11-22-28(25,26)18-10-6-9-16(12-18)20(24)27-14-19(23)21-13-17-8-5-4-7-15(17)2/h3-10,12,22H,1,11,13-14H2,2H3,(H,21,23). The predicted octanol–water partition coefficient (Wildman–Crippen LogP) is 1.93. The number of carbonyl (C=O) groups excluding carboxylic acids is 2. The van der Waals surface area contributed by atoms with Gasteiger partial charge in [0.15, 0.2) is 6.61 Å². The Kier molecular flexibility index (Phi) is 7.48. The van der Waals surface area contributed by atoms with Gasteiger partial charge in [0.2, 0.25) is 10.0 Å². The van der Waals surface area contributed by atoms with E-state index < -0.39 is 28.5 Å². The highest BCUT2D eigenvalue weighted by Crippen LogP contribution is 2.12. The maximum Gasteiger partial charge on any atom is 0.338 e. The molecule has 2 aromatic rings. The number of hydrogen-bond acceptors (Lipinski definition) is 5. The van der Waals surface area contributed by atoms with Crippen LogP contribution in [0.15, 0.2) is 66.1 Å². The molecule has 2 rings (SSSR count). The summed E-state index contributed by atoms with van der Waals surface area (Å²) >= 11 is 0. The van der Waals surface area contributed by atoms with Crippen LogP contribution >= 0.6 is 0 Å². The van der Waals surface area contributed by atoms with Gasteiger partial charge in [0, 0.05) is 13.1 Å². The van der Waals surface area contributed by atoms with Crippen LogP contribution in [0, 0.1) is 6.92 Å². The van der Waals surface area contributed by atoms with Crippen LogP contribution in [0.1, 0.15) is 21.5 Å². The second-order valence-electron chi connectivity index (χ2n) is 5.95. The monoisotopic (exact) mass is 402 g/mol. The molecular formula is C20H22N2O5S. The van der Waals surface area contributed by atoms with Gasteiger partial charge in [-0.2, -0.15) is 0 Å². The van der Waals surface area contributed by atoms with E-state index >= 15 is 0 Å². The molecule has 0 bridgehead atoms. The van der Waals surface area contributed by atoms with Crippen molar-refractivity contribution in [3.8, 4) is 0 Å². The van der Waals surface area contributed by atoms with Crippen molar-refractivity contribution in [2.75, 3.05) is 13.2 Å². The van der Waals surface area contributed by atoms with E-state index in [9.17, 15) is 18.0 Å². The van der Waals surface area contributed by atoms with Crippen molar-refractivity contribution in [3.05, 3.63) is 77.9 Å². The number of amides is 1. The molecule has 0 aromatic heterocycles. The maximum atomic E-state index is 12.1. The van der Waals surface area contributed by atoms with Gasteiger partial charge in [-0.1, -0.05) is 36.4 Å². The molecule has 0 saturated heterocycles. The van der Waals surface area contributed by atoms with E-state index in [2.05, 4.69) is 16.6 Å². The summed E-state index contributed by atoms with van der Waals surface area (Å²) in [6.45, 7) is 5.31. The third-order valence-corrected chi connectivity index (χ3v) is 5.29. The Morgan fingerprint density at radius 1 is 1.14 bits per heavy atom. The van der Waals surface area contributed by atoms with Gasteiger partial charge in [-0.3, -0.25) is 4.79 Å². The van der Waals surface area contributed by atoms with Crippen LogP contribution in [0.4, 0.5) is 0 Å². The first kappa shape index (κ1) is 21.3. The summed E-state index contributed by atoms with van der Waals surface area (Å²) in [5.41, 5.74) is 2.04. The first-order chi connectivity index (χ1) is 13.3. The molecule has 2 N–H and O–H groups in total. The lowest BCUT2D eigenvalue weighted by atomic mass is 10.1. The van der Waals surface area contributed by atoms with Crippen LogP contribution in [-0.4, -0.2) is 33.4 Å². The van der Waals surface area contributed by atoms with E-state index in [1.807, 2.05) is 31.2 Å². The largest absolute Gasteiger partial charge is 0.452 e. The summed E-state index contributed by atoms with van der Waals surface area (Å²) in [5, 5.41) is 2.67. The Balaban J connectivity index is 1.92. The Hall–Kier alpha value is -2.97. The molecular weight excluding hydrogens is 380 g/mol. The molecule has 148 valence electrons. The molecule has 0 heterocycles. The quantitative estimate of drug-likeness (QED) is 0.493. The number of rotatable bonds is 9. The zero-order valence-electron chi connectivity index (χ0n) is 15.5. The second-order valence-corrected chi connectivity index (χ2v) is 7.71. The number of nitrogens with one attached hydrogen (secondary N) is 2. The van der Waals surface area contributed by atoms with Crippen molar-refractivity contribution in [2.24, 2.45) is 0 Å². The average Bonchev–Trinajstić information content (AvgIpc) is 2.70. The zero-order valence-corrected chi connectivity index (χ0v) is 16.3. The van der Waals surface area contributed by atoms with Gasteiger partial charge in [-0.15, -0.1) is 6.58 Å². The van der Waals surface area contributed by atoms with Crippen LogP contribution in [0.2, 0.25) is 0 Å². The minimum atomic E-state index is -3.76. The summed E-state index contributed by atoms with van der Waals surface area (Å²) in [6.07, 6.45) is 1.41. The molecule has 0 atom stereocenters. The lowest BCUT2D eigenvalue weighted by Crippen LogP contribution is -2.28. The lowest BCUT2D eigenvalue weighted by molar-refractivity contribution is -0.124. The van der Waals surface area contributed by atoms with Crippen LogP contribution in [0.3, 0.4) is 0 Å². The van der Waals surface area contributed by atoms with Crippen molar-refractivity contribution in [3.63, 3.8) is 0 Å². The Labute approximate surface area is 164 Å². The molecule has 0 aliphatic carbocycles. The van der Waals surface area contributed by atoms with Crippen LogP contribution in [0.25, 0.3) is 0 Å². The summed E-state index contributed by atoms with van der Waals surface area (Å²) in [5.74, 6) is -1.24. The fraction of sp³-hybridized carbons (Fsp3) is 0.200. The maximum absolute atomic E-state index is 12.1. The van der Waals surface area contributed by atoms with Gasteiger partial charge < -0.3 is 10.1 Å². The fourth-order valence-electron chi connectivity index (χ4n) is 2.31. The van der Waals surface area contributed by atoms with Crippen molar-refractivity contribution in [1.82, 2.24) is 10.0 Å². The minimum Gasteiger partial charge on any atom is -0.452 e. The SMILES string of the molecule is C=CCNS(=O)(=O)c1cccc(C(=O)OCC(=O)NCc2ccccc2C)c1. The van der Waals surface area contributed by atoms with Gasteiger partial charge in [-0.05, 0) is 36.2 Å². The summed E-state index contributed by atoms with van der Waals surface area (Å²) in [4.78, 5) is 24.0. The Morgan fingerprint density at radius 2 is 1.89 bits per heavy atom. The predicted molar refractivity (Wildman–Crippen MR) is 105 cm³/mol. The van der Waals surface area contributed by atoms with E-state index in [1.54, 1.807) is 0 Å². The highest BCUT2D eigenvalue weighted by Gasteiger charge is 2.17. The van der Waals surface area contributed by atoms with E-state index in [0.717, 1.165) is 11.1 Å². The molecule has 8 heteroatoms. The number of ether oxygens (including phenoxy) is 1. The van der Waals surface area contributed by atoms with Gasteiger partial charge >= 0.3 is 5.97 Å². The summed E-state index contributed by atoms with van der Waals surface area (Å²) in [6, 6.07) is 13.0. The molecule has 0 unspecified atom stereocenters. The summed E-state index contributed by atoms with van der Waals surface area (Å²) < 4.78 is 31.5. The molecule has 0 radical (unpaired) electrons. The zero-order chi connectivity index (χ0) is 20.6. The van der Waals surface area contributed by atoms with E-state index in [1.165, 1.54) is 30.3 Å². The molecule has 28 heavy (non-hydrogen) atoms. The molecule has 0 fully saturated rings. The molecule has 7 nitrogen and oxygen atoms in total. The average molecular weight is 402 g/mol. The van der Waals surface area contributed by atoms with Crippen LogP contribution < -0.4 is 10.0 Å². The van der Waals surface area contributed by atoms with Crippen molar-refractivity contribution >= 4 is 21.9 Å². The number of aryl methyl sites for hydroxylation is 1. The number of benzene rings is 2. The fourth-order valence-corrected chi connectivity index (χ4v) is 3.35. The molecule has 0 saturated carbocycles. The first-order valence-electron chi connectivity index (χ1n) is 8.52. The molecule has 2 aromatic carbocycles. The van der Waals surface area contributed by atoms with Gasteiger partial charge in [0.1, 0.15) is 0 Å². The van der Waals surface area contributed by atoms with Crippen LogP contribution in [0.5, 0.6) is 0 Å². The molecule has 0 spiro atoms. The normalized spacial score (nSPS) is 10.9. The second kappa shape index (κ2) is 9.82. The van der Waals surface area contributed by atoms with Gasteiger partial charge in [0.05, 0.1) is 10.5 Å². The lowest BCUT2D eigenvalue weighted by Gasteiger charge is -2.09. The van der Waals surface area contributed by atoms with Crippen molar-refractivity contribution in [1.29, 1.82) is 0 Å². The molecule has 0 aliphatic heterocycles. The van der Waals surface area contributed by atoms with E-state index in [-0.39, 0.29) is 17.0 Å². The topological polar surface area (TPSA) is 102 Å². The first-order valence-corrected chi connectivity index (χ1v) is 10.0. The third kappa shape index (κ3) is 6.04. The minimum absolute atomic E-state index is 0.0354. The smallest absolute Gasteiger partial charge is 0.338 e. The number of esters is 1. The Morgan fingerprint density at radius 3 is 2.61 bits per heavy atom. The number of carbonyl (C=O) groups is 2. The van der Waals surface area contributed by atoms with E-state index in [0.29, 0.717) is 6.54 Å². The highest BCUT2D eigenvalue weighted by molar-refractivity contribution is 7.89. The molecule has 0 aliphatic rings. The number of sulfonamides is 1. The third-order valence-electron chi connectivity index (χ3n) is 3.87. The van der Waals surface area contributed by atoms with Crippen molar-refractivity contribution in [2.45, 2.75) is 18.4 Å². The summed E-state index contributed by atoms with van der Waals surface area (Å²) in [7, 11) is -3.76. The Bertz CT molecular complexity index is 970. The van der Waals surface area contributed by atoms with Gasteiger partial charge in [0.25, 0.3) is 5.91 Å². The van der Waals surface area contributed by atoms with Crippen molar-refractivity contribution < 1.29 is 22.7 Å².